The molecule has 3 aliphatic rings. The molecule has 6 atom stereocenters. The summed E-state index contributed by atoms with van der Waals surface area (Å²) in [4.78, 5) is 27.8. The number of methoxy groups -OCH3 is 1. The lowest BCUT2D eigenvalue weighted by molar-refractivity contribution is -0.195. The SMILES string of the molecule is C=C1CC(=O)C[C@@H](O[Si](C)(C)C(C)(C)C)[C@]2(C(=O)OC)[C@H](C)CC[C@]13CC[C@H](O[Si](C)(C)C(C)(C)C)[C@H]32. The lowest BCUT2D eigenvalue weighted by atomic mass is 9.46. The van der Waals surface area contributed by atoms with E-state index in [2.05, 4.69) is 81.2 Å². The highest BCUT2D eigenvalue weighted by Gasteiger charge is 2.71. The number of hydrogen-bond donors (Lipinski definition) is 0. The molecule has 0 heterocycles. The van der Waals surface area contributed by atoms with Crippen LogP contribution in [0.2, 0.25) is 36.3 Å². The van der Waals surface area contributed by atoms with Crippen molar-refractivity contribution in [2.45, 2.75) is 135 Å². The van der Waals surface area contributed by atoms with E-state index in [-0.39, 0.29) is 51.6 Å². The van der Waals surface area contributed by atoms with Gasteiger partial charge in [-0.1, -0.05) is 60.6 Å². The van der Waals surface area contributed by atoms with E-state index >= 15 is 0 Å². The predicted octanol–water partition coefficient (Wildman–Crippen LogP) is 7.67. The first kappa shape index (κ1) is 30.8. The second-order valence-electron chi connectivity index (χ2n) is 15.3. The quantitative estimate of drug-likeness (QED) is 0.200. The maximum atomic E-state index is 14.3. The predicted molar refractivity (Wildman–Crippen MR) is 156 cm³/mol. The maximum Gasteiger partial charge on any atom is 0.315 e. The normalized spacial score (nSPS) is 35.6. The first-order valence-corrected chi connectivity index (χ1v) is 20.1. The van der Waals surface area contributed by atoms with E-state index in [0.29, 0.717) is 6.42 Å². The second kappa shape index (κ2) is 9.70. The summed E-state index contributed by atoms with van der Waals surface area (Å²) in [6, 6.07) is 0. The molecule has 0 aliphatic heterocycles. The number of ketones is 1. The molecule has 0 radical (unpaired) electrons. The Morgan fingerprint density at radius 3 is 1.97 bits per heavy atom. The first-order chi connectivity index (χ1) is 16.7. The van der Waals surface area contributed by atoms with Gasteiger partial charge < -0.3 is 13.6 Å². The van der Waals surface area contributed by atoms with Crippen LogP contribution in [-0.2, 0) is 23.2 Å². The molecule has 212 valence electrons. The molecule has 3 saturated carbocycles. The Hall–Kier alpha value is -0.766. The van der Waals surface area contributed by atoms with Gasteiger partial charge in [-0.3, -0.25) is 9.59 Å². The van der Waals surface area contributed by atoms with Crippen molar-refractivity contribution in [2.24, 2.45) is 22.7 Å². The van der Waals surface area contributed by atoms with Crippen LogP contribution < -0.4 is 0 Å². The molecular formula is C30H54O5Si2. The van der Waals surface area contributed by atoms with Crippen molar-refractivity contribution in [2.75, 3.05) is 7.11 Å². The van der Waals surface area contributed by atoms with Crippen LogP contribution in [0.15, 0.2) is 12.2 Å². The molecule has 37 heavy (non-hydrogen) atoms. The summed E-state index contributed by atoms with van der Waals surface area (Å²) < 4.78 is 20.1. The monoisotopic (exact) mass is 550 g/mol. The van der Waals surface area contributed by atoms with Crippen molar-refractivity contribution in [3.05, 3.63) is 12.2 Å². The fourth-order valence-electron chi connectivity index (χ4n) is 7.09. The lowest BCUT2D eigenvalue weighted by Crippen LogP contribution is -2.66. The van der Waals surface area contributed by atoms with Gasteiger partial charge in [-0.15, -0.1) is 0 Å². The Morgan fingerprint density at radius 1 is 0.946 bits per heavy atom. The number of esters is 1. The second-order valence-corrected chi connectivity index (χ2v) is 24.9. The zero-order chi connectivity index (χ0) is 28.4. The fraction of sp³-hybridized carbons (Fsp3) is 0.867. The molecule has 5 nitrogen and oxygen atoms in total. The van der Waals surface area contributed by atoms with Crippen LogP contribution in [-0.4, -0.2) is 47.7 Å². The third kappa shape index (κ3) is 4.89. The van der Waals surface area contributed by atoms with Gasteiger partial charge in [-0.2, -0.15) is 0 Å². The fourth-order valence-corrected chi connectivity index (χ4v) is 9.79. The standard InChI is InChI=1S/C30H54O5Si2/c1-20-14-16-29-17-15-23(34-36(10,11)27(3,4)5)25(29)30(20,26(32)33-9)24(19-22(31)18-21(29)2)35-37(12,13)28(6,7)8/h20,23-25H,2,14-19H2,1,3-13H3/t20-,23+,24-,25-,29+,30-/m1/s1. The zero-order valence-electron chi connectivity index (χ0n) is 25.8. The highest BCUT2D eigenvalue weighted by Crippen LogP contribution is 2.69. The van der Waals surface area contributed by atoms with E-state index in [9.17, 15) is 9.59 Å². The van der Waals surface area contributed by atoms with E-state index in [1.807, 2.05) is 0 Å². The summed E-state index contributed by atoms with van der Waals surface area (Å²) >= 11 is 0. The van der Waals surface area contributed by atoms with Crippen LogP contribution in [0, 0.1) is 22.7 Å². The largest absolute Gasteiger partial charge is 0.468 e. The Balaban J connectivity index is 2.30. The summed E-state index contributed by atoms with van der Waals surface area (Å²) in [7, 11) is -2.97. The van der Waals surface area contributed by atoms with Crippen molar-refractivity contribution in [1.29, 1.82) is 0 Å². The van der Waals surface area contributed by atoms with E-state index in [1.54, 1.807) is 0 Å². The number of carbonyl (C=O) groups excluding carboxylic acids is 2. The molecule has 3 rings (SSSR count). The Kier molecular flexibility index (Phi) is 8.07. The van der Waals surface area contributed by atoms with Crippen LogP contribution in [0.3, 0.4) is 0 Å². The zero-order valence-corrected chi connectivity index (χ0v) is 27.8. The van der Waals surface area contributed by atoms with Gasteiger partial charge in [0.1, 0.15) is 11.2 Å². The van der Waals surface area contributed by atoms with Gasteiger partial charge in [-0.05, 0) is 73.3 Å². The molecule has 0 spiro atoms. The molecule has 0 unspecified atom stereocenters. The third-order valence-electron chi connectivity index (χ3n) is 11.3. The van der Waals surface area contributed by atoms with Gasteiger partial charge in [0.2, 0.25) is 0 Å². The van der Waals surface area contributed by atoms with Crippen LogP contribution in [0.4, 0.5) is 0 Å². The van der Waals surface area contributed by atoms with Crippen molar-refractivity contribution >= 4 is 28.4 Å². The number of carbonyl (C=O) groups is 2. The summed E-state index contributed by atoms with van der Waals surface area (Å²) in [5, 5.41) is -0.00538. The molecule has 0 N–H and O–H groups in total. The van der Waals surface area contributed by atoms with E-state index in [1.165, 1.54) is 7.11 Å². The van der Waals surface area contributed by atoms with Gasteiger partial charge >= 0.3 is 5.97 Å². The average molecular weight is 551 g/mol. The van der Waals surface area contributed by atoms with Crippen LogP contribution in [0.25, 0.3) is 0 Å². The molecular weight excluding hydrogens is 496 g/mol. The molecule has 2 bridgehead atoms. The van der Waals surface area contributed by atoms with Crippen molar-refractivity contribution in [3.8, 4) is 0 Å². The third-order valence-corrected chi connectivity index (χ3v) is 20.3. The Bertz CT molecular complexity index is 927. The summed E-state index contributed by atoms with van der Waals surface area (Å²) in [6.07, 6.45) is 3.60. The summed E-state index contributed by atoms with van der Waals surface area (Å²) in [6.45, 7) is 29.2. The molecule has 3 aliphatic carbocycles. The van der Waals surface area contributed by atoms with Gasteiger partial charge in [0, 0.05) is 24.9 Å². The van der Waals surface area contributed by atoms with Crippen molar-refractivity contribution < 1.29 is 23.2 Å². The molecule has 3 fully saturated rings. The highest BCUT2D eigenvalue weighted by atomic mass is 28.4. The minimum atomic E-state index is -2.33. The molecule has 0 aromatic carbocycles. The number of hydrogen-bond acceptors (Lipinski definition) is 5. The topological polar surface area (TPSA) is 61.8 Å². The summed E-state index contributed by atoms with van der Waals surface area (Å²) in [5.41, 5.74) is -0.265. The van der Waals surface area contributed by atoms with E-state index in [0.717, 1.165) is 31.3 Å². The van der Waals surface area contributed by atoms with Crippen molar-refractivity contribution in [1.82, 2.24) is 0 Å². The van der Waals surface area contributed by atoms with Gasteiger partial charge in [0.05, 0.1) is 13.2 Å². The highest BCUT2D eigenvalue weighted by molar-refractivity contribution is 6.74. The lowest BCUT2D eigenvalue weighted by Gasteiger charge is -2.60. The average Bonchev–Trinajstić information content (AvgIpc) is 3.10. The van der Waals surface area contributed by atoms with E-state index in [4.69, 9.17) is 13.6 Å². The Labute approximate surface area is 228 Å². The van der Waals surface area contributed by atoms with E-state index < -0.39 is 28.2 Å². The van der Waals surface area contributed by atoms with Crippen LogP contribution in [0.1, 0.15) is 87.0 Å². The number of rotatable bonds is 5. The Morgan fingerprint density at radius 2 is 1.46 bits per heavy atom. The molecule has 0 saturated heterocycles. The summed E-state index contributed by atoms with van der Waals surface area (Å²) in [5.74, 6) is -0.204. The number of Topliss-reactive ketones (excluding diaryl/α,β-unsaturated/α-hetero) is 1. The number of allylic oxidation sites excluding steroid dienone is 1. The first-order valence-electron chi connectivity index (χ1n) is 14.3. The van der Waals surface area contributed by atoms with Crippen molar-refractivity contribution in [3.63, 3.8) is 0 Å². The molecule has 0 aromatic heterocycles. The smallest absolute Gasteiger partial charge is 0.315 e. The maximum absolute atomic E-state index is 14.3. The minimum absolute atomic E-state index is 0.00941. The molecule has 0 amide bonds. The van der Waals surface area contributed by atoms with Gasteiger partial charge in [0.15, 0.2) is 16.6 Å². The van der Waals surface area contributed by atoms with Crippen LogP contribution in [0.5, 0.6) is 0 Å². The molecule has 7 heteroatoms. The van der Waals surface area contributed by atoms with Gasteiger partial charge in [0.25, 0.3) is 0 Å². The van der Waals surface area contributed by atoms with Gasteiger partial charge in [-0.25, -0.2) is 0 Å². The number of ether oxygens (including phenoxy) is 1. The minimum Gasteiger partial charge on any atom is -0.468 e. The molecule has 0 aromatic rings. The van der Waals surface area contributed by atoms with Crippen LogP contribution >= 0.6 is 0 Å².